The highest BCUT2D eigenvalue weighted by atomic mass is 127. The van der Waals surface area contributed by atoms with Crippen molar-refractivity contribution in [2.45, 2.75) is 20.0 Å². The summed E-state index contributed by atoms with van der Waals surface area (Å²) < 4.78 is 10.5. The number of hydrogen-bond donors (Lipinski definition) is 3. The predicted octanol–water partition coefficient (Wildman–Crippen LogP) is 2.69. The molecule has 0 spiro atoms. The Morgan fingerprint density at radius 2 is 1.69 bits per heavy atom. The first-order chi connectivity index (χ1) is 13.7. The summed E-state index contributed by atoms with van der Waals surface area (Å²) in [7, 11) is 3.26. The summed E-state index contributed by atoms with van der Waals surface area (Å²) in [6.45, 7) is 3.72. The molecular formula is C21H29IN4O3. The van der Waals surface area contributed by atoms with Gasteiger partial charge >= 0.3 is 0 Å². The first kappa shape index (κ1) is 24.5. The van der Waals surface area contributed by atoms with Crippen molar-refractivity contribution in [2.75, 3.05) is 27.3 Å². The number of guanidine groups is 1. The van der Waals surface area contributed by atoms with E-state index in [9.17, 15) is 4.79 Å². The third-order valence-electron chi connectivity index (χ3n) is 4.01. The van der Waals surface area contributed by atoms with Gasteiger partial charge in [0.25, 0.3) is 0 Å². The van der Waals surface area contributed by atoms with Crippen LogP contribution in [0.2, 0.25) is 0 Å². The summed E-state index contributed by atoms with van der Waals surface area (Å²) in [5.41, 5.74) is 1.98. The molecule has 0 heterocycles. The standard InChI is InChI=1S/C21H28N4O3.HI/c1-4-22-21(24-14-17-7-5-6-8-19(17)28-3)25-15-20(26)23-13-16-9-11-18(27-2)12-10-16;/h5-12H,4,13-15H2,1-3H3,(H,23,26)(H2,22,24,25);1H. The van der Waals surface area contributed by atoms with Crippen LogP contribution in [0, 0.1) is 0 Å². The maximum atomic E-state index is 12.1. The molecule has 0 radical (unpaired) electrons. The van der Waals surface area contributed by atoms with E-state index in [0.717, 1.165) is 22.6 Å². The van der Waals surface area contributed by atoms with Gasteiger partial charge in [-0.3, -0.25) is 4.79 Å². The summed E-state index contributed by atoms with van der Waals surface area (Å²) in [6.07, 6.45) is 0. The van der Waals surface area contributed by atoms with E-state index < -0.39 is 0 Å². The first-order valence-electron chi connectivity index (χ1n) is 9.20. The van der Waals surface area contributed by atoms with Crippen LogP contribution in [0.3, 0.4) is 0 Å². The summed E-state index contributed by atoms with van der Waals surface area (Å²) in [6, 6.07) is 15.3. The number of benzene rings is 2. The van der Waals surface area contributed by atoms with Crippen molar-refractivity contribution in [1.29, 1.82) is 0 Å². The Balaban J connectivity index is 0.00000420. The molecule has 2 aromatic rings. The molecule has 0 unspecified atom stereocenters. The Hall–Kier alpha value is -2.49. The zero-order valence-corrected chi connectivity index (χ0v) is 19.4. The lowest BCUT2D eigenvalue weighted by Crippen LogP contribution is -2.43. The highest BCUT2D eigenvalue weighted by Crippen LogP contribution is 2.17. The Labute approximate surface area is 189 Å². The minimum atomic E-state index is -0.112. The zero-order valence-electron chi connectivity index (χ0n) is 17.0. The second kappa shape index (κ2) is 13.6. The fourth-order valence-electron chi connectivity index (χ4n) is 2.51. The number of amides is 1. The molecule has 0 aliphatic heterocycles. The molecule has 8 heteroatoms. The molecule has 7 nitrogen and oxygen atoms in total. The Morgan fingerprint density at radius 1 is 0.966 bits per heavy atom. The number of hydrogen-bond acceptors (Lipinski definition) is 4. The van der Waals surface area contributed by atoms with E-state index in [1.54, 1.807) is 14.2 Å². The maximum absolute atomic E-state index is 12.1. The molecule has 0 bridgehead atoms. The van der Waals surface area contributed by atoms with E-state index in [2.05, 4.69) is 20.9 Å². The van der Waals surface area contributed by atoms with Gasteiger partial charge in [-0.05, 0) is 30.7 Å². The summed E-state index contributed by atoms with van der Waals surface area (Å²) >= 11 is 0. The fraction of sp³-hybridized carbons (Fsp3) is 0.333. The van der Waals surface area contributed by atoms with Crippen LogP contribution in [0.25, 0.3) is 0 Å². The Morgan fingerprint density at radius 3 is 2.34 bits per heavy atom. The number of nitrogens with zero attached hydrogens (tertiary/aromatic N) is 1. The molecule has 0 aromatic heterocycles. The predicted molar refractivity (Wildman–Crippen MR) is 126 cm³/mol. The van der Waals surface area contributed by atoms with Crippen LogP contribution in [-0.2, 0) is 17.9 Å². The van der Waals surface area contributed by atoms with E-state index in [-0.39, 0.29) is 36.4 Å². The maximum Gasteiger partial charge on any atom is 0.239 e. The molecule has 2 aromatic carbocycles. The van der Waals surface area contributed by atoms with Crippen molar-refractivity contribution in [1.82, 2.24) is 16.0 Å². The highest BCUT2D eigenvalue weighted by molar-refractivity contribution is 14.0. The number of nitrogens with one attached hydrogen (secondary N) is 3. The number of rotatable bonds is 9. The topological polar surface area (TPSA) is 84.0 Å². The number of methoxy groups -OCH3 is 2. The van der Waals surface area contributed by atoms with Gasteiger partial charge in [-0.25, -0.2) is 4.99 Å². The number of carbonyl (C=O) groups excluding carboxylic acids is 1. The Kier molecular flexibility index (Phi) is 11.6. The summed E-state index contributed by atoms with van der Waals surface area (Å²) in [4.78, 5) is 16.6. The SMILES string of the molecule is CCNC(=NCc1ccccc1OC)NCC(=O)NCc1ccc(OC)cc1.I. The lowest BCUT2D eigenvalue weighted by molar-refractivity contribution is -0.120. The van der Waals surface area contributed by atoms with Gasteiger partial charge in [0.1, 0.15) is 11.5 Å². The van der Waals surface area contributed by atoms with Crippen molar-refractivity contribution < 1.29 is 14.3 Å². The van der Waals surface area contributed by atoms with Crippen LogP contribution in [0.4, 0.5) is 0 Å². The third kappa shape index (κ3) is 8.59. The highest BCUT2D eigenvalue weighted by Gasteiger charge is 2.05. The largest absolute Gasteiger partial charge is 0.497 e. The molecule has 29 heavy (non-hydrogen) atoms. The molecule has 2 rings (SSSR count). The van der Waals surface area contributed by atoms with Crippen molar-refractivity contribution in [3.05, 3.63) is 59.7 Å². The molecule has 0 atom stereocenters. The molecule has 3 N–H and O–H groups in total. The minimum absolute atomic E-state index is 0. The molecule has 0 aliphatic rings. The van der Waals surface area contributed by atoms with Crippen LogP contribution in [0.1, 0.15) is 18.1 Å². The third-order valence-corrected chi connectivity index (χ3v) is 4.01. The van der Waals surface area contributed by atoms with Crippen molar-refractivity contribution in [3.63, 3.8) is 0 Å². The normalized spacial score (nSPS) is 10.5. The number of carbonyl (C=O) groups is 1. The quantitative estimate of drug-likeness (QED) is 0.274. The zero-order chi connectivity index (χ0) is 20.2. The van der Waals surface area contributed by atoms with Gasteiger partial charge in [0.05, 0.1) is 27.3 Å². The van der Waals surface area contributed by atoms with Gasteiger partial charge in [-0.15, -0.1) is 24.0 Å². The van der Waals surface area contributed by atoms with Crippen LogP contribution in [-0.4, -0.2) is 39.2 Å². The number of aliphatic imine (C=N–C) groups is 1. The van der Waals surface area contributed by atoms with E-state index in [0.29, 0.717) is 25.6 Å². The van der Waals surface area contributed by atoms with Crippen LogP contribution < -0.4 is 25.4 Å². The van der Waals surface area contributed by atoms with Gasteiger partial charge in [-0.1, -0.05) is 30.3 Å². The average molecular weight is 512 g/mol. The van der Waals surface area contributed by atoms with Gasteiger partial charge in [0.15, 0.2) is 5.96 Å². The van der Waals surface area contributed by atoms with Gasteiger partial charge in [-0.2, -0.15) is 0 Å². The van der Waals surface area contributed by atoms with Crippen LogP contribution >= 0.6 is 24.0 Å². The molecule has 158 valence electrons. The van der Waals surface area contributed by atoms with E-state index in [4.69, 9.17) is 9.47 Å². The lowest BCUT2D eigenvalue weighted by Gasteiger charge is -2.12. The minimum Gasteiger partial charge on any atom is -0.497 e. The molecule has 0 saturated carbocycles. The van der Waals surface area contributed by atoms with E-state index in [1.807, 2.05) is 55.5 Å². The van der Waals surface area contributed by atoms with Gasteiger partial charge in [0.2, 0.25) is 5.91 Å². The average Bonchev–Trinajstić information content (AvgIpc) is 2.74. The van der Waals surface area contributed by atoms with E-state index in [1.165, 1.54) is 0 Å². The van der Waals surface area contributed by atoms with Crippen molar-refractivity contribution >= 4 is 35.8 Å². The number of ether oxygens (including phenoxy) is 2. The van der Waals surface area contributed by atoms with Crippen LogP contribution in [0.5, 0.6) is 11.5 Å². The Bertz CT molecular complexity index is 782. The molecular weight excluding hydrogens is 483 g/mol. The second-order valence-electron chi connectivity index (χ2n) is 5.99. The van der Waals surface area contributed by atoms with E-state index >= 15 is 0 Å². The summed E-state index contributed by atoms with van der Waals surface area (Å²) in [5.74, 6) is 2.05. The lowest BCUT2D eigenvalue weighted by atomic mass is 10.2. The smallest absolute Gasteiger partial charge is 0.239 e. The molecule has 0 aliphatic carbocycles. The molecule has 0 fully saturated rings. The van der Waals surface area contributed by atoms with Gasteiger partial charge < -0.3 is 25.4 Å². The first-order valence-corrected chi connectivity index (χ1v) is 9.20. The fourth-order valence-corrected chi connectivity index (χ4v) is 2.51. The molecule has 1 amide bonds. The number of halogens is 1. The van der Waals surface area contributed by atoms with Crippen molar-refractivity contribution in [2.24, 2.45) is 4.99 Å². The molecule has 0 saturated heterocycles. The van der Waals surface area contributed by atoms with Crippen LogP contribution in [0.15, 0.2) is 53.5 Å². The number of para-hydroxylation sites is 1. The van der Waals surface area contributed by atoms with Gasteiger partial charge in [0, 0.05) is 18.7 Å². The second-order valence-corrected chi connectivity index (χ2v) is 5.99. The monoisotopic (exact) mass is 512 g/mol. The summed E-state index contributed by atoms with van der Waals surface area (Å²) in [5, 5.41) is 9.07. The van der Waals surface area contributed by atoms with Crippen molar-refractivity contribution in [3.8, 4) is 11.5 Å².